The molecule has 3 N–H and O–H groups in total. The molecule has 1 aromatic rings. The molecule has 20 heavy (non-hydrogen) atoms. The van der Waals surface area contributed by atoms with Crippen LogP contribution in [-0.4, -0.2) is 25.2 Å². The summed E-state index contributed by atoms with van der Waals surface area (Å²) in [7, 11) is 0. The van der Waals surface area contributed by atoms with Gasteiger partial charge in [-0.3, -0.25) is 4.79 Å². The SMILES string of the molecule is Cc1ccc(C#CCN)c(NC(=O)C2COC(C)C2)c1. The molecular formula is C16H20N2O2. The highest BCUT2D eigenvalue weighted by molar-refractivity contribution is 5.94. The van der Waals surface area contributed by atoms with Crippen LogP contribution in [0.5, 0.6) is 0 Å². The average molecular weight is 272 g/mol. The topological polar surface area (TPSA) is 64.3 Å². The lowest BCUT2D eigenvalue weighted by Crippen LogP contribution is -2.23. The summed E-state index contributed by atoms with van der Waals surface area (Å²) in [6.07, 6.45) is 0.918. The number of benzene rings is 1. The van der Waals surface area contributed by atoms with Gasteiger partial charge in [-0.15, -0.1) is 0 Å². The zero-order chi connectivity index (χ0) is 14.5. The Morgan fingerprint density at radius 1 is 1.55 bits per heavy atom. The van der Waals surface area contributed by atoms with Gasteiger partial charge in [0, 0.05) is 5.56 Å². The van der Waals surface area contributed by atoms with Gasteiger partial charge in [0.25, 0.3) is 0 Å². The van der Waals surface area contributed by atoms with E-state index in [-0.39, 0.29) is 17.9 Å². The maximum absolute atomic E-state index is 12.2. The van der Waals surface area contributed by atoms with Crippen LogP contribution < -0.4 is 11.1 Å². The number of carbonyl (C=O) groups excluding carboxylic acids is 1. The quantitative estimate of drug-likeness (QED) is 0.805. The molecule has 1 aliphatic heterocycles. The van der Waals surface area contributed by atoms with E-state index < -0.39 is 0 Å². The van der Waals surface area contributed by atoms with Crippen LogP contribution in [0.2, 0.25) is 0 Å². The fraction of sp³-hybridized carbons (Fsp3) is 0.438. The lowest BCUT2D eigenvalue weighted by atomic mass is 10.0. The monoisotopic (exact) mass is 272 g/mol. The van der Waals surface area contributed by atoms with Gasteiger partial charge in [-0.1, -0.05) is 17.9 Å². The highest BCUT2D eigenvalue weighted by Crippen LogP contribution is 2.23. The summed E-state index contributed by atoms with van der Waals surface area (Å²) in [6, 6.07) is 5.80. The second-order valence-corrected chi connectivity index (χ2v) is 5.12. The smallest absolute Gasteiger partial charge is 0.229 e. The molecule has 0 aromatic heterocycles. The molecule has 0 aliphatic carbocycles. The van der Waals surface area contributed by atoms with Gasteiger partial charge in [-0.2, -0.15) is 0 Å². The van der Waals surface area contributed by atoms with E-state index in [2.05, 4.69) is 17.2 Å². The van der Waals surface area contributed by atoms with Crippen molar-refractivity contribution in [1.29, 1.82) is 0 Å². The Morgan fingerprint density at radius 2 is 2.35 bits per heavy atom. The largest absolute Gasteiger partial charge is 0.378 e. The molecule has 2 atom stereocenters. The second-order valence-electron chi connectivity index (χ2n) is 5.12. The Kier molecular flexibility index (Phi) is 4.78. The number of carbonyl (C=O) groups is 1. The Hall–Kier alpha value is -1.83. The third-order valence-corrected chi connectivity index (χ3v) is 3.33. The molecule has 1 amide bonds. The van der Waals surface area contributed by atoms with Crippen LogP contribution in [-0.2, 0) is 9.53 Å². The molecule has 0 spiro atoms. The fourth-order valence-corrected chi connectivity index (χ4v) is 2.25. The normalized spacial score (nSPS) is 21.1. The third-order valence-electron chi connectivity index (χ3n) is 3.33. The number of aryl methyl sites for hydroxylation is 1. The van der Waals surface area contributed by atoms with E-state index in [0.29, 0.717) is 13.2 Å². The summed E-state index contributed by atoms with van der Waals surface area (Å²) in [5.41, 5.74) is 8.01. The van der Waals surface area contributed by atoms with E-state index >= 15 is 0 Å². The van der Waals surface area contributed by atoms with E-state index in [0.717, 1.165) is 23.2 Å². The van der Waals surface area contributed by atoms with Crippen molar-refractivity contribution >= 4 is 11.6 Å². The third kappa shape index (κ3) is 3.60. The molecule has 0 bridgehead atoms. The van der Waals surface area contributed by atoms with Gasteiger partial charge in [0.15, 0.2) is 0 Å². The van der Waals surface area contributed by atoms with E-state index in [1.807, 2.05) is 32.0 Å². The number of hydrogen-bond donors (Lipinski definition) is 2. The van der Waals surface area contributed by atoms with Crippen LogP contribution in [0.4, 0.5) is 5.69 Å². The molecule has 2 unspecified atom stereocenters. The number of amides is 1. The number of nitrogens with one attached hydrogen (secondary N) is 1. The predicted octanol–water partition coefficient (Wildman–Crippen LogP) is 1.67. The number of anilines is 1. The van der Waals surface area contributed by atoms with E-state index in [1.165, 1.54) is 0 Å². The van der Waals surface area contributed by atoms with Gasteiger partial charge >= 0.3 is 0 Å². The van der Waals surface area contributed by atoms with Crippen LogP contribution in [0.3, 0.4) is 0 Å². The van der Waals surface area contributed by atoms with Gasteiger partial charge < -0.3 is 15.8 Å². The molecular weight excluding hydrogens is 252 g/mol. The Labute approximate surface area is 119 Å². The second kappa shape index (κ2) is 6.56. The van der Waals surface area contributed by atoms with E-state index in [9.17, 15) is 4.79 Å². The lowest BCUT2D eigenvalue weighted by Gasteiger charge is -2.12. The van der Waals surface area contributed by atoms with Crippen LogP contribution in [0, 0.1) is 24.7 Å². The van der Waals surface area contributed by atoms with Gasteiger partial charge in [0.2, 0.25) is 5.91 Å². The molecule has 0 radical (unpaired) electrons. The molecule has 4 nitrogen and oxygen atoms in total. The summed E-state index contributed by atoms with van der Waals surface area (Å²) in [5, 5.41) is 2.96. The maximum Gasteiger partial charge on any atom is 0.229 e. The first-order valence-corrected chi connectivity index (χ1v) is 6.82. The summed E-state index contributed by atoms with van der Waals surface area (Å²) in [4.78, 5) is 12.2. The average Bonchev–Trinajstić information content (AvgIpc) is 2.85. The van der Waals surface area contributed by atoms with Crippen molar-refractivity contribution in [3.8, 4) is 11.8 Å². The summed E-state index contributed by atoms with van der Waals surface area (Å²) < 4.78 is 5.44. The zero-order valence-electron chi connectivity index (χ0n) is 11.9. The van der Waals surface area contributed by atoms with Gasteiger partial charge in [-0.05, 0) is 38.0 Å². The molecule has 1 aliphatic rings. The molecule has 2 rings (SSSR count). The molecule has 1 heterocycles. The minimum Gasteiger partial charge on any atom is -0.378 e. The number of hydrogen-bond acceptors (Lipinski definition) is 3. The molecule has 1 saturated heterocycles. The molecule has 1 fully saturated rings. The minimum absolute atomic E-state index is 0.00394. The number of ether oxygens (including phenoxy) is 1. The van der Waals surface area contributed by atoms with Gasteiger partial charge in [-0.25, -0.2) is 0 Å². The summed E-state index contributed by atoms with van der Waals surface area (Å²) >= 11 is 0. The standard InChI is InChI=1S/C16H20N2O2/c1-11-5-6-13(4-3-7-17)15(8-11)18-16(19)14-9-12(2)20-10-14/h5-6,8,12,14H,7,9-10,17H2,1-2H3,(H,18,19). The zero-order valence-corrected chi connectivity index (χ0v) is 11.9. The highest BCUT2D eigenvalue weighted by atomic mass is 16.5. The van der Waals surface area contributed by atoms with Crippen molar-refractivity contribution in [2.45, 2.75) is 26.4 Å². The molecule has 1 aromatic carbocycles. The first kappa shape index (κ1) is 14.6. The van der Waals surface area contributed by atoms with E-state index in [1.54, 1.807) is 0 Å². The summed E-state index contributed by atoms with van der Waals surface area (Å²) in [6.45, 7) is 4.76. The highest BCUT2D eigenvalue weighted by Gasteiger charge is 2.28. The molecule has 0 saturated carbocycles. The fourth-order valence-electron chi connectivity index (χ4n) is 2.25. The Morgan fingerprint density at radius 3 is 3.00 bits per heavy atom. The van der Waals surface area contributed by atoms with Gasteiger partial charge in [0.05, 0.1) is 30.9 Å². The first-order valence-electron chi connectivity index (χ1n) is 6.82. The molecule has 106 valence electrons. The van der Waals surface area contributed by atoms with Crippen molar-refractivity contribution in [2.24, 2.45) is 11.7 Å². The van der Waals surface area contributed by atoms with Crippen molar-refractivity contribution in [2.75, 3.05) is 18.5 Å². The maximum atomic E-state index is 12.2. The van der Waals surface area contributed by atoms with Crippen molar-refractivity contribution in [1.82, 2.24) is 0 Å². The lowest BCUT2D eigenvalue weighted by molar-refractivity contribution is -0.119. The van der Waals surface area contributed by atoms with Crippen LogP contribution in [0.25, 0.3) is 0 Å². The van der Waals surface area contributed by atoms with Crippen molar-refractivity contribution in [3.63, 3.8) is 0 Å². The van der Waals surface area contributed by atoms with Crippen LogP contribution in [0.1, 0.15) is 24.5 Å². The predicted molar refractivity (Wildman–Crippen MR) is 79.3 cm³/mol. The van der Waals surface area contributed by atoms with E-state index in [4.69, 9.17) is 10.5 Å². The summed E-state index contributed by atoms with van der Waals surface area (Å²) in [5.74, 6) is 5.71. The minimum atomic E-state index is -0.0826. The van der Waals surface area contributed by atoms with Gasteiger partial charge in [0.1, 0.15) is 0 Å². The van der Waals surface area contributed by atoms with Crippen molar-refractivity contribution < 1.29 is 9.53 Å². The Balaban J connectivity index is 2.15. The Bertz CT molecular complexity index is 557. The number of nitrogens with two attached hydrogens (primary N) is 1. The van der Waals surface area contributed by atoms with Crippen LogP contribution in [0.15, 0.2) is 18.2 Å². The van der Waals surface area contributed by atoms with Crippen molar-refractivity contribution in [3.05, 3.63) is 29.3 Å². The first-order chi connectivity index (χ1) is 9.60. The van der Waals surface area contributed by atoms with Crippen LogP contribution >= 0.6 is 0 Å². The molecule has 4 heteroatoms. The number of rotatable bonds is 2.